The van der Waals surface area contributed by atoms with Gasteiger partial charge in [0.1, 0.15) is 5.75 Å². The van der Waals surface area contributed by atoms with Crippen molar-refractivity contribution in [1.29, 1.82) is 0 Å². The van der Waals surface area contributed by atoms with Crippen molar-refractivity contribution in [2.75, 3.05) is 20.7 Å². The normalized spacial score (nSPS) is 13.1. The van der Waals surface area contributed by atoms with Gasteiger partial charge in [0.15, 0.2) is 0 Å². The van der Waals surface area contributed by atoms with Gasteiger partial charge in [0.25, 0.3) is 0 Å². The van der Waals surface area contributed by atoms with Crippen molar-refractivity contribution in [2.24, 2.45) is 0 Å². The Morgan fingerprint density at radius 2 is 1.76 bits per heavy atom. The highest BCUT2D eigenvalue weighted by Crippen LogP contribution is 2.24. The summed E-state index contributed by atoms with van der Waals surface area (Å²) in [4.78, 5) is 2.12. The Morgan fingerprint density at radius 3 is 2.18 bits per heavy atom. The number of ether oxygens (including phenoxy) is 1. The van der Waals surface area contributed by atoms with Gasteiger partial charge in [-0.1, -0.05) is 12.1 Å². The van der Waals surface area contributed by atoms with E-state index in [1.54, 1.807) is 0 Å². The van der Waals surface area contributed by atoms with Crippen LogP contribution in [0.5, 0.6) is 5.75 Å². The second-order valence-electron chi connectivity index (χ2n) is 4.73. The van der Waals surface area contributed by atoms with E-state index in [-0.39, 0.29) is 18.8 Å². The molecule has 0 aromatic heterocycles. The molecular formula is C14H23NO2. The lowest BCUT2D eigenvalue weighted by Crippen LogP contribution is -2.21. The van der Waals surface area contributed by atoms with Crippen molar-refractivity contribution >= 4 is 0 Å². The predicted octanol–water partition coefficient (Wildman–Crippen LogP) is 2.46. The minimum absolute atomic E-state index is 0.197. The summed E-state index contributed by atoms with van der Waals surface area (Å²) in [5.74, 6) is 0.894. The molecule has 0 spiro atoms. The molecule has 1 unspecified atom stereocenters. The summed E-state index contributed by atoms with van der Waals surface area (Å²) < 4.78 is 5.61. The fourth-order valence-corrected chi connectivity index (χ4v) is 1.89. The van der Waals surface area contributed by atoms with E-state index >= 15 is 0 Å². The van der Waals surface area contributed by atoms with Gasteiger partial charge in [-0.2, -0.15) is 0 Å². The summed E-state index contributed by atoms with van der Waals surface area (Å²) in [6, 6.07) is 8.37. The molecule has 0 saturated heterocycles. The zero-order valence-electron chi connectivity index (χ0n) is 11.2. The average molecular weight is 237 g/mol. The van der Waals surface area contributed by atoms with E-state index in [9.17, 15) is 0 Å². The lowest BCUT2D eigenvalue weighted by Gasteiger charge is -2.24. The van der Waals surface area contributed by atoms with Crippen molar-refractivity contribution in [3.8, 4) is 5.75 Å². The Labute approximate surface area is 104 Å². The van der Waals surface area contributed by atoms with Crippen LogP contribution in [0.25, 0.3) is 0 Å². The van der Waals surface area contributed by atoms with Crippen molar-refractivity contribution in [3.63, 3.8) is 0 Å². The molecule has 0 bridgehead atoms. The average Bonchev–Trinajstić information content (AvgIpc) is 2.26. The van der Waals surface area contributed by atoms with Crippen LogP contribution in [0.15, 0.2) is 24.3 Å². The molecule has 0 aliphatic rings. The van der Waals surface area contributed by atoms with Gasteiger partial charge in [-0.05, 0) is 52.1 Å². The van der Waals surface area contributed by atoms with Gasteiger partial charge in [0.05, 0.1) is 6.10 Å². The number of nitrogens with zero attached hydrogens (tertiary/aromatic N) is 1. The first kappa shape index (κ1) is 14.0. The van der Waals surface area contributed by atoms with Gasteiger partial charge >= 0.3 is 0 Å². The SMILES string of the molecule is CC(C)Oc1ccc(C(CCO)N(C)C)cc1. The van der Waals surface area contributed by atoms with E-state index in [4.69, 9.17) is 9.84 Å². The second-order valence-corrected chi connectivity index (χ2v) is 4.73. The van der Waals surface area contributed by atoms with E-state index in [2.05, 4.69) is 17.0 Å². The fourth-order valence-electron chi connectivity index (χ4n) is 1.89. The molecule has 17 heavy (non-hydrogen) atoms. The zero-order chi connectivity index (χ0) is 12.8. The molecule has 3 heteroatoms. The topological polar surface area (TPSA) is 32.7 Å². The maximum atomic E-state index is 9.07. The van der Waals surface area contributed by atoms with Crippen LogP contribution in [-0.4, -0.2) is 36.8 Å². The molecular weight excluding hydrogens is 214 g/mol. The van der Waals surface area contributed by atoms with E-state index in [0.717, 1.165) is 12.2 Å². The van der Waals surface area contributed by atoms with Crippen molar-refractivity contribution in [2.45, 2.75) is 32.4 Å². The highest BCUT2D eigenvalue weighted by atomic mass is 16.5. The maximum Gasteiger partial charge on any atom is 0.119 e. The first-order chi connectivity index (χ1) is 8.04. The van der Waals surface area contributed by atoms with E-state index in [0.29, 0.717) is 0 Å². The molecule has 0 aliphatic heterocycles. The highest BCUT2D eigenvalue weighted by Gasteiger charge is 2.13. The zero-order valence-corrected chi connectivity index (χ0v) is 11.2. The van der Waals surface area contributed by atoms with Crippen LogP contribution in [0.1, 0.15) is 31.9 Å². The lowest BCUT2D eigenvalue weighted by atomic mass is 10.0. The molecule has 0 aliphatic carbocycles. The maximum absolute atomic E-state index is 9.07. The molecule has 0 fully saturated rings. The third-order valence-corrected chi connectivity index (χ3v) is 2.66. The number of hydrogen-bond donors (Lipinski definition) is 1. The summed E-state index contributed by atoms with van der Waals surface area (Å²) >= 11 is 0. The number of aliphatic hydroxyl groups is 1. The monoisotopic (exact) mass is 237 g/mol. The quantitative estimate of drug-likeness (QED) is 0.825. The van der Waals surface area contributed by atoms with Crippen LogP contribution in [-0.2, 0) is 0 Å². The Balaban J connectivity index is 2.77. The van der Waals surface area contributed by atoms with Gasteiger partial charge in [-0.15, -0.1) is 0 Å². The molecule has 96 valence electrons. The molecule has 1 aromatic rings. The minimum Gasteiger partial charge on any atom is -0.491 e. The Bertz CT molecular complexity index is 319. The molecule has 1 rings (SSSR count). The summed E-state index contributed by atoms with van der Waals surface area (Å²) in [5.41, 5.74) is 1.21. The minimum atomic E-state index is 0.197. The van der Waals surface area contributed by atoms with E-state index in [1.807, 2.05) is 40.1 Å². The van der Waals surface area contributed by atoms with E-state index < -0.39 is 0 Å². The predicted molar refractivity (Wildman–Crippen MR) is 70.3 cm³/mol. The molecule has 1 aromatic carbocycles. The van der Waals surface area contributed by atoms with Crippen molar-refractivity contribution in [1.82, 2.24) is 4.90 Å². The third kappa shape index (κ3) is 4.36. The molecule has 1 atom stereocenters. The molecule has 0 radical (unpaired) electrons. The van der Waals surface area contributed by atoms with Gasteiger partial charge in [-0.25, -0.2) is 0 Å². The lowest BCUT2D eigenvalue weighted by molar-refractivity contribution is 0.210. The third-order valence-electron chi connectivity index (χ3n) is 2.66. The van der Waals surface area contributed by atoms with Gasteiger partial charge in [0.2, 0.25) is 0 Å². The van der Waals surface area contributed by atoms with Crippen LogP contribution in [0.4, 0.5) is 0 Å². The first-order valence-corrected chi connectivity index (χ1v) is 6.08. The molecule has 0 saturated carbocycles. The van der Waals surface area contributed by atoms with Gasteiger partial charge in [-0.3, -0.25) is 0 Å². The first-order valence-electron chi connectivity index (χ1n) is 6.08. The number of benzene rings is 1. The summed E-state index contributed by atoms with van der Waals surface area (Å²) in [6.45, 7) is 4.23. The Hall–Kier alpha value is -1.06. The van der Waals surface area contributed by atoms with Crippen LogP contribution in [0.3, 0.4) is 0 Å². The standard InChI is InChI=1S/C14H23NO2/c1-11(2)17-13-7-5-12(6-8-13)14(9-10-16)15(3)4/h5-8,11,14,16H,9-10H2,1-4H3. The number of hydrogen-bond acceptors (Lipinski definition) is 3. The number of rotatable bonds is 6. The second kappa shape index (κ2) is 6.62. The van der Waals surface area contributed by atoms with E-state index in [1.165, 1.54) is 5.56 Å². The highest BCUT2D eigenvalue weighted by molar-refractivity contribution is 5.29. The molecule has 1 N–H and O–H groups in total. The number of aliphatic hydroxyl groups excluding tert-OH is 1. The van der Waals surface area contributed by atoms with Crippen molar-refractivity contribution < 1.29 is 9.84 Å². The van der Waals surface area contributed by atoms with Gasteiger partial charge in [0, 0.05) is 12.6 Å². The van der Waals surface area contributed by atoms with Crippen molar-refractivity contribution in [3.05, 3.63) is 29.8 Å². The molecule has 3 nitrogen and oxygen atoms in total. The molecule has 0 heterocycles. The van der Waals surface area contributed by atoms with Crippen LogP contribution in [0.2, 0.25) is 0 Å². The van der Waals surface area contributed by atoms with Crippen LogP contribution < -0.4 is 4.74 Å². The summed E-state index contributed by atoms with van der Waals surface area (Å²) in [7, 11) is 4.05. The van der Waals surface area contributed by atoms with Crippen LogP contribution >= 0.6 is 0 Å². The smallest absolute Gasteiger partial charge is 0.119 e. The molecule has 0 amide bonds. The van der Waals surface area contributed by atoms with Crippen LogP contribution in [0, 0.1) is 0 Å². The van der Waals surface area contributed by atoms with Gasteiger partial charge < -0.3 is 14.7 Å². The summed E-state index contributed by atoms with van der Waals surface area (Å²) in [5, 5.41) is 9.07. The summed E-state index contributed by atoms with van der Waals surface area (Å²) in [6.07, 6.45) is 0.945. The largest absolute Gasteiger partial charge is 0.491 e. The fraction of sp³-hybridized carbons (Fsp3) is 0.571. The Kier molecular flexibility index (Phi) is 5.45. The Morgan fingerprint density at radius 1 is 1.18 bits per heavy atom.